The summed E-state index contributed by atoms with van der Waals surface area (Å²) >= 11 is 3.31. The lowest BCUT2D eigenvalue weighted by molar-refractivity contribution is 0.417. The molecule has 104 valence electrons. The Morgan fingerprint density at radius 3 is 2.65 bits per heavy atom. The van der Waals surface area contributed by atoms with Gasteiger partial charge in [-0.3, -0.25) is 19.8 Å². The van der Waals surface area contributed by atoms with E-state index in [2.05, 4.69) is 31.4 Å². The Labute approximate surface area is 121 Å². The van der Waals surface area contributed by atoms with E-state index in [-0.39, 0.29) is 5.56 Å². The molecule has 7 nitrogen and oxygen atoms in total. The Morgan fingerprint density at radius 2 is 2.00 bits per heavy atom. The van der Waals surface area contributed by atoms with Crippen LogP contribution in [0.2, 0.25) is 0 Å². The summed E-state index contributed by atoms with van der Waals surface area (Å²) in [7, 11) is 1.34. The van der Waals surface area contributed by atoms with Gasteiger partial charge in [0, 0.05) is 11.5 Å². The summed E-state index contributed by atoms with van der Waals surface area (Å²) in [6.45, 7) is 0. The number of benzene rings is 1. The predicted octanol–water partition coefficient (Wildman–Crippen LogP) is 0.988. The van der Waals surface area contributed by atoms with Crippen molar-refractivity contribution in [2.45, 2.75) is 0 Å². The topological polar surface area (TPSA) is 99.5 Å². The maximum atomic E-state index is 11.5. The van der Waals surface area contributed by atoms with Crippen LogP contribution in [0.15, 0.2) is 43.4 Å². The average molecular weight is 339 g/mol. The molecule has 0 saturated carbocycles. The number of nitrogens with zero attached hydrogens (tertiary/aromatic N) is 2. The number of halogens is 1. The zero-order valence-electron chi connectivity index (χ0n) is 10.4. The average Bonchev–Trinajstić information content (AvgIpc) is 2.42. The molecule has 0 saturated heterocycles. The largest absolute Gasteiger partial charge is 0.494 e. The smallest absolute Gasteiger partial charge is 0.330 e. The van der Waals surface area contributed by atoms with E-state index in [4.69, 9.17) is 0 Å². The van der Waals surface area contributed by atoms with Gasteiger partial charge in [0.25, 0.3) is 5.56 Å². The number of hydrogen-bond acceptors (Lipinski definition) is 5. The van der Waals surface area contributed by atoms with E-state index < -0.39 is 17.1 Å². The van der Waals surface area contributed by atoms with Gasteiger partial charge in [0.05, 0.1) is 11.9 Å². The highest BCUT2D eigenvalue weighted by Crippen LogP contribution is 2.14. The monoisotopic (exact) mass is 338 g/mol. The molecule has 0 radical (unpaired) electrons. The van der Waals surface area contributed by atoms with E-state index >= 15 is 0 Å². The van der Waals surface area contributed by atoms with Gasteiger partial charge in [-0.2, -0.15) is 5.10 Å². The third-order valence-corrected chi connectivity index (χ3v) is 3.09. The molecular formula is C12H11BrN4O3. The molecule has 1 aromatic carbocycles. The summed E-state index contributed by atoms with van der Waals surface area (Å²) in [5.41, 5.74) is 1.93. The van der Waals surface area contributed by atoms with E-state index in [1.807, 2.05) is 12.1 Å². The lowest BCUT2D eigenvalue weighted by atomic mass is 10.3. The van der Waals surface area contributed by atoms with Gasteiger partial charge in [0.15, 0.2) is 0 Å². The van der Waals surface area contributed by atoms with Crippen LogP contribution in [-0.2, 0) is 7.05 Å². The van der Waals surface area contributed by atoms with Crippen LogP contribution in [0.4, 0.5) is 5.69 Å². The first-order chi connectivity index (χ1) is 9.49. The van der Waals surface area contributed by atoms with Crippen molar-refractivity contribution in [1.82, 2.24) is 9.55 Å². The Balaban J connectivity index is 2.24. The number of rotatable bonds is 3. The number of aromatic hydroxyl groups is 1. The molecule has 0 aliphatic heterocycles. The van der Waals surface area contributed by atoms with Crippen LogP contribution >= 0.6 is 15.9 Å². The number of aromatic nitrogens is 2. The first-order valence-corrected chi connectivity index (χ1v) is 6.35. The molecule has 1 heterocycles. The lowest BCUT2D eigenvalue weighted by Gasteiger charge is -2.03. The Hall–Kier alpha value is -2.35. The molecule has 2 aromatic rings. The summed E-state index contributed by atoms with van der Waals surface area (Å²) in [4.78, 5) is 24.8. The zero-order chi connectivity index (χ0) is 14.7. The minimum atomic E-state index is -0.702. The highest BCUT2D eigenvalue weighted by Gasteiger charge is 2.09. The standard InChI is InChI=1S/C12H11BrN4O3/c1-17-11(19)9(10(18)15-12(17)20)6-14-16-8-4-2-7(13)3-5-8/h2-6,16,19H,1H3,(H,15,18,20). The fraction of sp³-hybridized carbons (Fsp3) is 0.0833. The second-order valence-corrected chi connectivity index (χ2v) is 4.85. The summed E-state index contributed by atoms with van der Waals surface area (Å²) in [6.07, 6.45) is 1.15. The van der Waals surface area contributed by atoms with E-state index in [0.717, 1.165) is 15.3 Å². The van der Waals surface area contributed by atoms with Crippen molar-refractivity contribution in [3.8, 4) is 5.88 Å². The normalized spacial score (nSPS) is 10.9. The minimum absolute atomic E-state index is 0.100. The van der Waals surface area contributed by atoms with Crippen LogP contribution in [0.3, 0.4) is 0 Å². The van der Waals surface area contributed by atoms with Crippen molar-refractivity contribution < 1.29 is 5.11 Å². The SMILES string of the molecule is Cn1c(O)c(C=NNc2ccc(Br)cc2)c(=O)[nH]c1=O. The third-order valence-electron chi connectivity index (χ3n) is 2.56. The molecule has 20 heavy (non-hydrogen) atoms. The van der Waals surface area contributed by atoms with Crippen LogP contribution in [0.25, 0.3) is 0 Å². The summed E-state index contributed by atoms with van der Waals surface area (Å²) < 4.78 is 1.85. The quantitative estimate of drug-likeness (QED) is 0.574. The maximum absolute atomic E-state index is 11.5. The Kier molecular flexibility index (Phi) is 4.04. The first kappa shape index (κ1) is 14.1. The fourth-order valence-corrected chi connectivity index (χ4v) is 1.70. The van der Waals surface area contributed by atoms with Crippen LogP contribution in [0.5, 0.6) is 5.88 Å². The molecule has 2 rings (SSSR count). The van der Waals surface area contributed by atoms with E-state index in [9.17, 15) is 14.7 Å². The van der Waals surface area contributed by atoms with E-state index in [0.29, 0.717) is 5.69 Å². The van der Waals surface area contributed by atoms with Gasteiger partial charge >= 0.3 is 5.69 Å². The molecule has 0 fully saturated rings. The van der Waals surface area contributed by atoms with Gasteiger partial charge in [-0.1, -0.05) is 15.9 Å². The lowest BCUT2D eigenvalue weighted by Crippen LogP contribution is -2.30. The van der Waals surface area contributed by atoms with Gasteiger partial charge in [-0.15, -0.1) is 0 Å². The second-order valence-electron chi connectivity index (χ2n) is 3.93. The Bertz CT molecular complexity index is 762. The van der Waals surface area contributed by atoms with Gasteiger partial charge in [-0.25, -0.2) is 4.79 Å². The molecule has 0 atom stereocenters. The van der Waals surface area contributed by atoms with Crippen molar-refractivity contribution in [2.24, 2.45) is 12.1 Å². The molecule has 0 amide bonds. The number of aromatic amines is 1. The first-order valence-electron chi connectivity index (χ1n) is 5.56. The molecule has 0 aliphatic rings. The van der Waals surface area contributed by atoms with Crippen molar-refractivity contribution in [2.75, 3.05) is 5.43 Å². The predicted molar refractivity (Wildman–Crippen MR) is 79.3 cm³/mol. The highest BCUT2D eigenvalue weighted by molar-refractivity contribution is 9.10. The van der Waals surface area contributed by atoms with Crippen LogP contribution < -0.4 is 16.7 Å². The van der Waals surface area contributed by atoms with Crippen molar-refractivity contribution in [3.63, 3.8) is 0 Å². The number of hydrazone groups is 1. The summed E-state index contributed by atoms with van der Waals surface area (Å²) in [6, 6.07) is 7.22. The second kappa shape index (κ2) is 5.74. The van der Waals surface area contributed by atoms with Gasteiger partial charge in [0.2, 0.25) is 5.88 Å². The number of nitrogens with one attached hydrogen (secondary N) is 2. The molecular weight excluding hydrogens is 328 g/mol. The summed E-state index contributed by atoms with van der Waals surface area (Å²) in [5.74, 6) is -0.444. The fourth-order valence-electron chi connectivity index (χ4n) is 1.44. The Morgan fingerprint density at radius 1 is 1.35 bits per heavy atom. The molecule has 0 unspecified atom stereocenters. The number of anilines is 1. The van der Waals surface area contributed by atoms with Gasteiger partial charge < -0.3 is 5.11 Å². The van der Waals surface area contributed by atoms with Crippen LogP contribution in [0, 0.1) is 0 Å². The van der Waals surface area contributed by atoms with Crippen LogP contribution in [0.1, 0.15) is 5.56 Å². The van der Waals surface area contributed by atoms with Crippen molar-refractivity contribution in [3.05, 3.63) is 55.1 Å². The molecule has 3 N–H and O–H groups in total. The van der Waals surface area contributed by atoms with E-state index in [1.54, 1.807) is 12.1 Å². The molecule has 0 bridgehead atoms. The van der Waals surface area contributed by atoms with Gasteiger partial charge in [-0.05, 0) is 24.3 Å². The van der Waals surface area contributed by atoms with E-state index in [1.165, 1.54) is 7.05 Å². The van der Waals surface area contributed by atoms with Crippen molar-refractivity contribution >= 4 is 27.8 Å². The highest BCUT2D eigenvalue weighted by atomic mass is 79.9. The minimum Gasteiger partial charge on any atom is -0.494 e. The zero-order valence-corrected chi connectivity index (χ0v) is 12.0. The maximum Gasteiger partial charge on any atom is 0.330 e. The summed E-state index contributed by atoms with van der Waals surface area (Å²) in [5, 5.41) is 13.6. The molecule has 8 heteroatoms. The van der Waals surface area contributed by atoms with Crippen molar-refractivity contribution in [1.29, 1.82) is 0 Å². The number of H-pyrrole nitrogens is 1. The molecule has 1 aromatic heterocycles. The molecule has 0 spiro atoms. The van der Waals surface area contributed by atoms with Gasteiger partial charge in [0.1, 0.15) is 5.56 Å². The third kappa shape index (κ3) is 2.97. The molecule has 0 aliphatic carbocycles. The number of hydrogen-bond donors (Lipinski definition) is 3. The van der Waals surface area contributed by atoms with Crippen LogP contribution in [-0.4, -0.2) is 20.9 Å².